The maximum absolute atomic E-state index is 12.5. The molecule has 2 heterocycles. The zero-order valence-corrected chi connectivity index (χ0v) is 15.5. The summed E-state index contributed by atoms with van der Waals surface area (Å²) in [5.41, 5.74) is 3.57. The molecule has 0 radical (unpaired) electrons. The molecule has 0 saturated carbocycles. The molecule has 4 rings (SSSR count). The summed E-state index contributed by atoms with van der Waals surface area (Å²) >= 11 is 0. The maximum Gasteiger partial charge on any atom is 0.251 e. The number of amides is 1. The van der Waals surface area contributed by atoms with Crippen molar-refractivity contribution in [2.45, 2.75) is 20.1 Å². The third kappa shape index (κ3) is 4.01. The molecule has 6 heteroatoms. The first kappa shape index (κ1) is 17.7. The van der Waals surface area contributed by atoms with Crippen LogP contribution in [0, 0.1) is 6.92 Å². The Morgan fingerprint density at radius 3 is 2.82 bits per heavy atom. The number of aromatic nitrogens is 3. The van der Waals surface area contributed by atoms with E-state index >= 15 is 0 Å². The van der Waals surface area contributed by atoms with Crippen molar-refractivity contribution in [1.82, 2.24) is 19.9 Å². The molecule has 2 aromatic heterocycles. The van der Waals surface area contributed by atoms with Gasteiger partial charge in [0, 0.05) is 11.8 Å². The van der Waals surface area contributed by atoms with E-state index in [1.165, 1.54) is 5.56 Å². The average Bonchev–Trinajstić information content (AvgIpc) is 3.14. The number of benzene rings is 2. The molecule has 0 fully saturated rings. The van der Waals surface area contributed by atoms with Crippen LogP contribution in [0.2, 0.25) is 0 Å². The van der Waals surface area contributed by atoms with Crippen molar-refractivity contribution >= 4 is 11.6 Å². The average molecular weight is 372 g/mol. The van der Waals surface area contributed by atoms with Gasteiger partial charge in [0.2, 0.25) is 0 Å². The van der Waals surface area contributed by atoms with Crippen molar-refractivity contribution in [1.29, 1.82) is 0 Å². The first-order valence-electron chi connectivity index (χ1n) is 9.04. The number of hydrogen-bond donors (Lipinski definition) is 1. The van der Waals surface area contributed by atoms with E-state index in [0.29, 0.717) is 30.3 Å². The number of aryl methyl sites for hydroxylation is 1. The number of rotatable bonds is 6. The second-order valence-corrected chi connectivity index (χ2v) is 6.53. The Bertz CT molecular complexity index is 1120. The van der Waals surface area contributed by atoms with E-state index in [9.17, 15) is 4.79 Å². The van der Waals surface area contributed by atoms with E-state index in [-0.39, 0.29) is 5.91 Å². The van der Waals surface area contributed by atoms with Gasteiger partial charge in [0.15, 0.2) is 11.5 Å². The predicted molar refractivity (Wildman–Crippen MR) is 106 cm³/mol. The van der Waals surface area contributed by atoms with E-state index in [4.69, 9.17) is 4.74 Å². The minimum Gasteiger partial charge on any atom is -0.489 e. The molecular formula is C22H20N4O2. The Morgan fingerprint density at radius 1 is 1.04 bits per heavy atom. The van der Waals surface area contributed by atoms with Crippen LogP contribution in [0.4, 0.5) is 0 Å². The normalized spacial score (nSPS) is 10.8. The number of nitrogens with one attached hydrogen (secondary N) is 1. The third-order valence-corrected chi connectivity index (χ3v) is 4.38. The van der Waals surface area contributed by atoms with Crippen LogP contribution in [0.25, 0.3) is 5.65 Å². The van der Waals surface area contributed by atoms with Crippen molar-refractivity contribution < 1.29 is 9.53 Å². The Morgan fingerprint density at radius 2 is 1.93 bits per heavy atom. The summed E-state index contributed by atoms with van der Waals surface area (Å²) in [4.78, 5) is 12.5. The van der Waals surface area contributed by atoms with Crippen LogP contribution in [-0.2, 0) is 13.2 Å². The van der Waals surface area contributed by atoms with E-state index in [1.807, 2.05) is 66.1 Å². The molecule has 4 aromatic rings. The topological polar surface area (TPSA) is 68.5 Å². The quantitative estimate of drug-likeness (QED) is 0.562. The molecule has 1 amide bonds. The summed E-state index contributed by atoms with van der Waals surface area (Å²) in [5, 5.41) is 11.1. The zero-order chi connectivity index (χ0) is 19.3. The highest BCUT2D eigenvalue weighted by molar-refractivity contribution is 5.94. The monoisotopic (exact) mass is 372 g/mol. The van der Waals surface area contributed by atoms with Gasteiger partial charge in [-0.15, -0.1) is 10.2 Å². The van der Waals surface area contributed by atoms with Gasteiger partial charge in [-0.3, -0.25) is 9.20 Å². The molecule has 0 saturated heterocycles. The number of ether oxygens (including phenoxy) is 1. The SMILES string of the molecule is Cc1cccc(COc2cccc(C(=O)NCc3nnc4ccccn34)c2)c1. The van der Waals surface area contributed by atoms with Crippen LogP contribution < -0.4 is 10.1 Å². The molecule has 28 heavy (non-hydrogen) atoms. The Kier molecular flexibility index (Phi) is 5.01. The molecule has 0 aliphatic carbocycles. The van der Waals surface area contributed by atoms with Crippen molar-refractivity contribution in [2.24, 2.45) is 0 Å². The lowest BCUT2D eigenvalue weighted by molar-refractivity contribution is 0.0949. The fraction of sp³-hybridized carbons (Fsp3) is 0.136. The van der Waals surface area contributed by atoms with Crippen molar-refractivity contribution in [3.63, 3.8) is 0 Å². The molecule has 2 aromatic carbocycles. The van der Waals surface area contributed by atoms with Gasteiger partial charge >= 0.3 is 0 Å². The predicted octanol–water partition coefficient (Wildman–Crippen LogP) is 3.55. The lowest BCUT2D eigenvalue weighted by atomic mass is 10.1. The fourth-order valence-electron chi connectivity index (χ4n) is 2.97. The first-order chi connectivity index (χ1) is 13.7. The minimum absolute atomic E-state index is 0.186. The molecular weight excluding hydrogens is 352 g/mol. The summed E-state index contributed by atoms with van der Waals surface area (Å²) in [5.74, 6) is 1.14. The lowest BCUT2D eigenvalue weighted by Gasteiger charge is -2.09. The smallest absolute Gasteiger partial charge is 0.251 e. The van der Waals surface area contributed by atoms with Crippen molar-refractivity contribution in [3.8, 4) is 5.75 Å². The Hall–Kier alpha value is -3.67. The van der Waals surface area contributed by atoms with E-state index in [1.54, 1.807) is 12.1 Å². The molecule has 140 valence electrons. The van der Waals surface area contributed by atoms with E-state index < -0.39 is 0 Å². The highest BCUT2D eigenvalue weighted by Crippen LogP contribution is 2.16. The van der Waals surface area contributed by atoms with Gasteiger partial charge in [0.05, 0.1) is 6.54 Å². The van der Waals surface area contributed by atoms with Crippen LogP contribution in [0.15, 0.2) is 72.9 Å². The van der Waals surface area contributed by atoms with Crippen molar-refractivity contribution in [2.75, 3.05) is 0 Å². The maximum atomic E-state index is 12.5. The molecule has 0 aliphatic rings. The molecule has 0 spiro atoms. The number of pyridine rings is 1. The number of hydrogen-bond acceptors (Lipinski definition) is 4. The molecule has 0 aliphatic heterocycles. The number of fused-ring (bicyclic) bond motifs is 1. The molecule has 1 N–H and O–H groups in total. The van der Waals surface area contributed by atoms with E-state index in [0.717, 1.165) is 11.2 Å². The van der Waals surface area contributed by atoms with Crippen molar-refractivity contribution in [3.05, 3.63) is 95.4 Å². The Labute approximate surface area is 162 Å². The highest BCUT2D eigenvalue weighted by atomic mass is 16.5. The molecule has 0 bridgehead atoms. The van der Waals surface area contributed by atoms with Gasteiger partial charge in [-0.1, -0.05) is 42.0 Å². The minimum atomic E-state index is -0.186. The summed E-state index contributed by atoms with van der Waals surface area (Å²) in [7, 11) is 0. The number of nitrogens with zero attached hydrogens (tertiary/aromatic N) is 3. The largest absolute Gasteiger partial charge is 0.489 e. The van der Waals surface area contributed by atoms with Gasteiger partial charge in [-0.2, -0.15) is 0 Å². The zero-order valence-electron chi connectivity index (χ0n) is 15.5. The lowest BCUT2D eigenvalue weighted by Crippen LogP contribution is -2.24. The standard InChI is InChI=1S/C22H20N4O2/c1-16-6-4-7-17(12-16)15-28-19-9-5-8-18(13-19)22(27)23-14-21-25-24-20-10-2-3-11-26(20)21/h2-13H,14-15H2,1H3,(H,23,27). The van der Waals surface area contributed by atoms with Crippen LogP contribution in [-0.4, -0.2) is 20.5 Å². The summed E-state index contributed by atoms with van der Waals surface area (Å²) in [6, 6.07) is 21.0. The van der Waals surface area contributed by atoms with Crippen LogP contribution >= 0.6 is 0 Å². The first-order valence-corrected chi connectivity index (χ1v) is 9.04. The summed E-state index contributed by atoms with van der Waals surface area (Å²) < 4.78 is 7.69. The fourth-order valence-corrected chi connectivity index (χ4v) is 2.97. The van der Waals surface area contributed by atoms with Gasteiger partial charge in [0.1, 0.15) is 12.4 Å². The second-order valence-electron chi connectivity index (χ2n) is 6.53. The number of carbonyl (C=O) groups excluding carboxylic acids is 1. The molecule has 0 unspecified atom stereocenters. The third-order valence-electron chi connectivity index (χ3n) is 4.38. The molecule has 6 nitrogen and oxygen atoms in total. The second kappa shape index (κ2) is 7.92. The summed E-state index contributed by atoms with van der Waals surface area (Å²) in [6.45, 7) is 2.80. The van der Waals surface area contributed by atoms with Crippen LogP contribution in [0.1, 0.15) is 27.3 Å². The van der Waals surface area contributed by atoms with Gasteiger partial charge in [-0.05, 0) is 42.8 Å². The summed E-state index contributed by atoms with van der Waals surface area (Å²) in [6.07, 6.45) is 1.87. The highest BCUT2D eigenvalue weighted by Gasteiger charge is 2.10. The molecule has 0 atom stereocenters. The van der Waals surface area contributed by atoms with E-state index in [2.05, 4.69) is 21.6 Å². The van der Waals surface area contributed by atoms with Crippen LogP contribution in [0.5, 0.6) is 5.75 Å². The van der Waals surface area contributed by atoms with Gasteiger partial charge < -0.3 is 10.1 Å². The van der Waals surface area contributed by atoms with Gasteiger partial charge in [-0.25, -0.2) is 0 Å². The number of carbonyl (C=O) groups is 1. The van der Waals surface area contributed by atoms with Gasteiger partial charge in [0.25, 0.3) is 5.91 Å². The van der Waals surface area contributed by atoms with Crippen LogP contribution in [0.3, 0.4) is 0 Å². The Balaban J connectivity index is 1.40.